The van der Waals surface area contributed by atoms with Crippen molar-refractivity contribution >= 4 is 56.5 Å². The van der Waals surface area contributed by atoms with Crippen LogP contribution in [-0.2, 0) is 20.9 Å². The number of aliphatic carboxylic acids is 1. The number of carboxylic acids is 1. The van der Waals surface area contributed by atoms with Crippen molar-refractivity contribution < 1.29 is 27.9 Å². The number of amides is 1. The zero-order valence-corrected chi connectivity index (χ0v) is 21.6. The number of hydrogen-bond acceptors (Lipinski definition) is 5. The molecule has 1 amide bonds. The van der Waals surface area contributed by atoms with E-state index in [4.69, 9.17) is 4.42 Å². The fourth-order valence-corrected chi connectivity index (χ4v) is 5.24. The third-order valence-electron chi connectivity index (χ3n) is 6.37. The van der Waals surface area contributed by atoms with Crippen LogP contribution in [-0.4, -0.2) is 38.3 Å². The van der Waals surface area contributed by atoms with Crippen LogP contribution in [0.2, 0.25) is 0 Å². The van der Waals surface area contributed by atoms with Crippen molar-refractivity contribution in [3.8, 4) is 0 Å². The Bertz CT molecular complexity index is 1450. The number of carboxylic acid groups (broad SMARTS) is 1. The van der Waals surface area contributed by atoms with Gasteiger partial charge < -0.3 is 19.0 Å². The normalized spacial score (nSPS) is 12.9. The Hall–Kier alpha value is -3.69. The molecule has 1 N–H and O–H groups in total. The van der Waals surface area contributed by atoms with Gasteiger partial charge in [-0.2, -0.15) is 0 Å². The van der Waals surface area contributed by atoms with E-state index in [1.54, 1.807) is 30.0 Å². The van der Waals surface area contributed by atoms with Crippen molar-refractivity contribution in [1.29, 1.82) is 0 Å². The summed E-state index contributed by atoms with van der Waals surface area (Å²) in [5.41, 5.74) is 3.34. The number of hydrogen-bond donors (Lipinski definition) is 1. The third kappa shape index (κ3) is 5.84. The molecule has 0 fully saturated rings. The maximum atomic E-state index is 12.6. The smallest absolute Gasteiger partial charge is 0.327 e. The number of benzene rings is 3. The van der Waals surface area contributed by atoms with Crippen molar-refractivity contribution in [3.05, 3.63) is 72.3 Å². The number of fused-ring (bicyclic) bond motifs is 3. The van der Waals surface area contributed by atoms with E-state index < -0.39 is 23.3 Å². The predicted octanol–water partition coefficient (Wildman–Crippen LogP) is 5.56. The third-order valence-corrected chi connectivity index (χ3v) is 7.16. The molecule has 0 aliphatic rings. The molecule has 0 saturated heterocycles. The summed E-state index contributed by atoms with van der Waals surface area (Å²) in [4.78, 5) is 26.4. The highest BCUT2D eigenvalue weighted by Crippen LogP contribution is 2.33. The molecular formula is C28H29N2O6S-. The highest BCUT2D eigenvalue weighted by atomic mass is 32.2. The van der Waals surface area contributed by atoms with E-state index in [1.165, 1.54) is 0 Å². The van der Waals surface area contributed by atoms with Gasteiger partial charge in [0.2, 0.25) is 5.91 Å². The second-order valence-corrected chi connectivity index (χ2v) is 9.74. The number of carbonyl (C=O) groups excluding carboxylic acids is 1. The second kappa shape index (κ2) is 11.6. The van der Waals surface area contributed by atoms with Gasteiger partial charge in [-0.25, -0.2) is 4.79 Å². The summed E-state index contributed by atoms with van der Waals surface area (Å²) in [7, 11) is 0. The van der Waals surface area contributed by atoms with Crippen LogP contribution in [0, 0.1) is 6.92 Å². The lowest BCUT2D eigenvalue weighted by Gasteiger charge is -2.32. The number of nitrogens with zero attached hydrogens (tertiary/aromatic N) is 2. The maximum Gasteiger partial charge on any atom is 0.327 e. The highest BCUT2D eigenvalue weighted by molar-refractivity contribution is 7.80. The lowest BCUT2D eigenvalue weighted by atomic mass is 10.1. The van der Waals surface area contributed by atoms with Crippen LogP contribution in [0.5, 0.6) is 0 Å². The van der Waals surface area contributed by atoms with E-state index in [0.29, 0.717) is 42.4 Å². The molecule has 2 atom stereocenters. The van der Waals surface area contributed by atoms with Gasteiger partial charge in [0.05, 0.1) is 5.69 Å². The molecule has 37 heavy (non-hydrogen) atoms. The first kappa shape index (κ1) is 26.4. The predicted molar refractivity (Wildman–Crippen MR) is 144 cm³/mol. The van der Waals surface area contributed by atoms with Gasteiger partial charge in [-0.1, -0.05) is 37.3 Å². The van der Waals surface area contributed by atoms with Gasteiger partial charge >= 0.3 is 5.97 Å². The first-order valence-corrected chi connectivity index (χ1v) is 13.2. The highest BCUT2D eigenvalue weighted by Gasteiger charge is 2.27. The van der Waals surface area contributed by atoms with Gasteiger partial charge in [-0.15, -0.1) is 0 Å². The van der Waals surface area contributed by atoms with Gasteiger partial charge in [-0.05, 0) is 68.1 Å². The van der Waals surface area contributed by atoms with Gasteiger partial charge in [-0.3, -0.25) is 13.3 Å². The van der Waals surface area contributed by atoms with E-state index in [0.717, 1.165) is 20.9 Å². The van der Waals surface area contributed by atoms with Crippen molar-refractivity contribution in [2.75, 3.05) is 15.7 Å². The van der Waals surface area contributed by atoms with Crippen molar-refractivity contribution in [2.45, 2.75) is 45.6 Å². The molecule has 194 valence electrons. The molecule has 9 heteroatoms. The molecule has 0 aliphatic heterocycles. The zero-order valence-electron chi connectivity index (χ0n) is 20.8. The van der Waals surface area contributed by atoms with E-state index in [2.05, 4.69) is 0 Å². The molecule has 4 rings (SSSR count). The van der Waals surface area contributed by atoms with Gasteiger partial charge in [0, 0.05) is 40.7 Å². The first-order valence-electron chi connectivity index (χ1n) is 12.2. The summed E-state index contributed by atoms with van der Waals surface area (Å²) in [6.45, 7) is 4.17. The van der Waals surface area contributed by atoms with Gasteiger partial charge in [0.15, 0.2) is 0 Å². The number of rotatable bonds is 11. The van der Waals surface area contributed by atoms with E-state index >= 15 is 0 Å². The minimum absolute atomic E-state index is 0.0247. The van der Waals surface area contributed by atoms with E-state index in [1.807, 2.05) is 55.5 Å². The number of anilines is 2. The summed E-state index contributed by atoms with van der Waals surface area (Å²) in [5.74, 6) is -1.26. The fraction of sp³-hybridized carbons (Fsp3) is 0.286. The lowest BCUT2D eigenvalue weighted by Crippen LogP contribution is -2.42. The first-order chi connectivity index (χ1) is 17.8. The Kier molecular flexibility index (Phi) is 8.25. The molecule has 0 saturated carbocycles. The molecular weight excluding hydrogens is 492 g/mol. The number of unbranched alkanes of at least 4 members (excludes halogenated alkanes) is 1. The molecule has 0 aliphatic carbocycles. The minimum Gasteiger partial charge on any atom is -0.755 e. The largest absolute Gasteiger partial charge is 0.755 e. The average molecular weight is 522 g/mol. The van der Waals surface area contributed by atoms with Crippen LogP contribution in [0.25, 0.3) is 21.9 Å². The molecule has 1 aromatic heterocycles. The Balaban J connectivity index is 1.52. The molecule has 0 bridgehead atoms. The summed E-state index contributed by atoms with van der Waals surface area (Å²) < 4.78 is 31.2. The average Bonchev–Trinajstić information content (AvgIpc) is 3.25. The van der Waals surface area contributed by atoms with Crippen LogP contribution in [0.4, 0.5) is 11.4 Å². The molecule has 1 heterocycles. The number of para-hydroxylation sites is 1. The molecule has 0 radical (unpaired) electrons. The molecule has 3 aromatic carbocycles. The topological polar surface area (TPSA) is 114 Å². The molecule has 0 spiro atoms. The van der Waals surface area contributed by atoms with Crippen LogP contribution in [0.15, 0.2) is 71.1 Å². The summed E-state index contributed by atoms with van der Waals surface area (Å²) >= 11 is -2.82. The summed E-state index contributed by atoms with van der Waals surface area (Å²) in [6.07, 6.45) is 1.38. The van der Waals surface area contributed by atoms with E-state index in [9.17, 15) is 23.5 Å². The Morgan fingerprint density at radius 3 is 2.43 bits per heavy atom. The summed E-state index contributed by atoms with van der Waals surface area (Å²) in [6, 6.07) is 18.6. The Morgan fingerprint density at radius 1 is 0.973 bits per heavy atom. The Labute approximate surface area is 217 Å². The zero-order chi connectivity index (χ0) is 26.5. The second-order valence-electron chi connectivity index (χ2n) is 8.91. The minimum atomic E-state index is -2.82. The van der Waals surface area contributed by atoms with Crippen LogP contribution >= 0.6 is 0 Å². The van der Waals surface area contributed by atoms with Gasteiger partial charge in [0.25, 0.3) is 0 Å². The van der Waals surface area contributed by atoms with Gasteiger partial charge in [0.1, 0.15) is 17.2 Å². The molecule has 8 nitrogen and oxygen atoms in total. The van der Waals surface area contributed by atoms with Crippen molar-refractivity contribution in [1.82, 2.24) is 0 Å². The fourth-order valence-electron chi connectivity index (χ4n) is 4.55. The quantitative estimate of drug-likeness (QED) is 0.204. The van der Waals surface area contributed by atoms with Crippen molar-refractivity contribution in [2.24, 2.45) is 0 Å². The standard InChI is InChI=1S/C28H30N2O6S/c1-3-27(31)29(20-10-8-9-19(2)17-20)16-7-6-12-24(28(32)33)30(37(34)35)21-14-15-26-23(18-21)22-11-4-5-13-25(22)36-26/h4-5,8-11,13-15,17-18,24H,3,6-7,12,16H2,1-2H3,(H,32,33)(H,34,35)/p-1. The van der Waals surface area contributed by atoms with Crippen LogP contribution in [0.3, 0.4) is 0 Å². The number of carbonyl (C=O) groups is 2. The maximum absolute atomic E-state index is 12.6. The SMILES string of the molecule is CCC(=O)N(CCCCC(C(=O)O)N(c1ccc2oc3ccccc3c2c1)S(=O)[O-])c1cccc(C)c1. The van der Waals surface area contributed by atoms with Crippen molar-refractivity contribution in [3.63, 3.8) is 0 Å². The Morgan fingerprint density at radius 2 is 1.73 bits per heavy atom. The number of furan rings is 1. The number of aryl methyl sites for hydroxylation is 1. The lowest BCUT2D eigenvalue weighted by molar-refractivity contribution is -0.138. The van der Waals surface area contributed by atoms with E-state index in [-0.39, 0.29) is 18.0 Å². The monoisotopic (exact) mass is 521 g/mol. The van der Waals surface area contributed by atoms with Crippen LogP contribution in [0.1, 0.15) is 38.2 Å². The molecule has 4 aromatic rings. The van der Waals surface area contributed by atoms with Crippen LogP contribution < -0.4 is 9.21 Å². The molecule has 2 unspecified atom stereocenters. The summed E-state index contributed by atoms with van der Waals surface area (Å²) in [5, 5.41) is 11.5.